The first-order valence-electron chi connectivity index (χ1n) is 7.39. The number of amides is 1. The zero-order chi connectivity index (χ0) is 16.1. The van der Waals surface area contributed by atoms with Crippen molar-refractivity contribution in [2.24, 2.45) is 0 Å². The van der Waals surface area contributed by atoms with Crippen LogP contribution in [0.5, 0.6) is 11.5 Å². The second kappa shape index (κ2) is 7.36. The van der Waals surface area contributed by atoms with Crippen molar-refractivity contribution < 1.29 is 14.3 Å². The molecule has 2 heterocycles. The molecule has 1 aliphatic heterocycles. The SMILES string of the molecule is CC(NC(=O)CCSc1ccc2c(c1)OCCO2)c1ncn[nH]1. The third-order valence-corrected chi connectivity index (χ3v) is 4.33. The van der Waals surface area contributed by atoms with Gasteiger partial charge in [0.2, 0.25) is 5.91 Å². The number of aromatic amines is 1. The van der Waals surface area contributed by atoms with E-state index in [0.29, 0.717) is 31.2 Å². The number of ether oxygens (including phenoxy) is 2. The van der Waals surface area contributed by atoms with E-state index in [1.807, 2.05) is 25.1 Å². The normalized spacial score (nSPS) is 14.3. The van der Waals surface area contributed by atoms with Gasteiger partial charge in [-0.15, -0.1) is 11.8 Å². The topological polar surface area (TPSA) is 89.1 Å². The number of H-pyrrole nitrogens is 1. The second-order valence-corrected chi connectivity index (χ2v) is 6.23. The number of thioether (sulfide) groups is 1. The largest absolute Gasteiger partial charge is 0.486 e. The summed E-state index contributed by atoms with van der Waals surface area (Å²) in [4.78, 5) is 17.0. The molecule has 0 bridgehead atoms. The molecule has 0 saturated heterocycles. The monoisotopic (exact) mass is 334 g/mol. The van der Waals surface area contributed by atoms with E-state index in [2.05, 4.69) is 20.5 Å². The van der Waals surface area contributed by atoms with Gasteiger partial charge in [-0.1, -0.05) is 0 Å². The van der Waals surface area contributed by atoms with Crippen LogP contribution >= 0.6 is 11.8 Å². The lowest BCUT2D eigenvalue weighted by Gasteiger charge is -2.18. The Morgan fingerprint density at radius 3 is 3.00 bits per heavy atom. The molecule has 1 unspecified atom stereocenters. The summed E-state index contributed by atoms with van der Waals surface area (Å²) in [5, 5.41) is 9.41. The molecule has 7 nitrogen and oxygen atoms in total. The number of hydrogen-bond acceptors (Lipinski definition) is 6. The van der Waals surface area contributed by atoms with E-state index in [1.165, 1.54) is 6.33 Å². The van der Waals surface area contributed by atoms with Crippen molar-refractivity contribution in [3.63, 3.8) is 0 Å². The van der Waals surface area contributed by atoms with Crippen molar-refractivity contribution in [1.29, 1.82) is 0 Å². The van der Waals surface area contributed by atoms with Crippen LogP contribution in [-0.4, -0.2) is 40.1 Å². The van der Waals surface area contributed by atoms with Gasteiger partial charge in [0.15, 0.2) is 11.5 Å². The lowest BCUT2D eigenvalue weighted by Crippen LogP contribution is -2.27. The number of nitrogens with one attached hydrogen (secondary N) is 2. The van der Waals surface area contributed by atoms with E-state index < -0.39 is 0 Å². The lowest BCUT2D eigenvalue weighted by atomic mass is 10.3. The van der Waals surface area contributed by atoms with Crippen LogP contribution in [-0.2, 0) is 4.79 Å². The minimum atomic E-state index is -0.177. The number of nitrogens with zero attached hydrogens (tertiary/aromatic N) is 2. The minimum absolute atomic E-state index is 0.0149. The Morgan fingerprint density at radius 1 is 1.39 bits per heavy atom. The van der Waals surface area contributed by atoms with Gasteiger partial charge in [-0.25, -0.2) is 4.98 Å². The van der Waals surface area contributed by atoms with Crippen molar-refractivity contribution >= 4 is 17.7 Å². The Kier molecular flexibility index (Phi) is 5.02. The minimum Gasteiger partial charge on any atom is -0.486 e. The van der Waals surface area contributed by atoms with E-state index in [9.17, 15) is 4.79 Å². The number of carbonyl (C=O) groups is 1. The van der Waals surface area contributed by atoms with Gasteiger partial charge in [0.1, 0.15) is 25.4 Å². The average molecular weight is 334 g/mol. The fraction of sp³-hybridized carbons (Fsp3) is 0.400. The van der Waals surface area contributed by atoms with Crippen LogP contribution in [0.3, 0.4) is 0 Å². The Morgan fingerprint density at radius 2 is 2.22 bits per heavy atom. The van der Waals surface area contributed by atoms with E-state index in [0.717, 1.165) is 16.4 Å². The Balaban J connectivity index is 1.45. The van der Waals surface area contributed by atoms with Crippen LogP contribution in [0.1, 0.15) is 25.2 Å². The molecule has 0 fully saturated rings. The predicted molar refractivity (Wildman–Crippen MR) is 85.7 cm³/mol. The summed E-state index contributed by atoms with van der Waals surface area (Å²) in [5.41, 5.74) is 0. The molecular formula is C15H18N4O3S. The van der Waals surface area contributed by atoms with Crippen LogP contribution < -0.4 is 14.8 Å². The van der Waals surface area contributed by atoms with Crippen molar-refractivity contribution in [3.05, 3.63) is 30.4 Å². The van der Waals surface area contributed by atoms with Crippen LogP contribution in [0.4, 0.5) is 0 Å². The first-order chi connectivity index (χ1) is 11.2. The van der Waals surface area contributed by atoms with E-state index in [1.54, 1.807) is 11.8 Å². The summed E-state index contributed by atoms with van der Waals surface area (Å²) >= 11 is 1.61. The third-order valence-electron chi connectivity index (χ3n) is 3.33. The highest BCUT2D eigenvalue weighted by atomic mass is 32.2. The van der Waals surface area contributed by atoms with Gasteiger partial charge in [0.25, 0.3) is 0 Å². The fourth-order valence-corrected chi connectivity index (χ4v) is 3.06. The molecule has 8 heteroatoms. The highest BCUT2D eigenvalue weighted by molar-refractivity contribution is 7.99. The first-order valence-corrected chi connectivity index (χ1v) is 8.38. The number of fused-ring (bicyclic) bond motifs is 1. The van der Waals surface area contributed by atoms with Crippen LogP contribution in [0, 0.1) is 0 Å². The molecule has 1 aromatic heterocycles. The van der Waals surface area contributed by atoms with Gasteiger partial charge < -0.3 is 14.8 Å². The van der Waals surface area contributed by atoms with Crippen molar-refractivity contribution in [3.8, 4) is 11.5 Å². The number of benzene rings is 1. The summed E-state index contributed by atoms with van der Waals surface area (Å²) in [7, 11) is 0. The maximum Gasteiger partial charge on any atom is 0.221 e. The molecule has 3 rings (SSSR count). The molecule has 1 atom stereocenters. The van der Waals surface area contributed by atoms with Gasteiger partial charge in [-0.05, 0) is 25.1 Å². The van der Waals surface area contributed by atoms with Crippen LogP contribution in [0.2, 0.25) is 0 Å². The van der Waals surface area contributed by atoms with Crippen LogP contribution in [0.25, 0.3) is 0 Å². The summed E-state index contributed by atoms with van der Waals surface area (Å²) in [5.74, 6) is 2.87. The van der Waals surface area contributed by atoms with Gasteiger partial charge in [-0.2, -0.15) is 5.10 Å². The molecular weight excluding hydrogens is 316 g/mol. The second-order valence-electron chi connectivity index (χ2n) is 5.06. The number of aromatic nitrogens is 3. The first kappa shape index (κ1) is 15.7. The molecule has 0 aliphatic carbocycles. The Bertz CT molecular complexity index is 663. The molecule has 1 amide bonds. The molecule has 0 saturated carbocycles. The van der Waals surface area contributed by atoms with Gasteiger partial charge >= 0.3 is 0 Å². The van der Waals surface area contributed by atoms with Gasteiger partial charge in [0.05, 0.1) is 6.04 Å². The zero-order valence-corrected chi connectivity index (χ0v) is 13.6. The lowest BCUT2D eigenvalue weighted by molar-refractivity contribution is -0.121. The summed E-state index contributed by atoms with van der Waals surface area (Å²) in [6, 6.07) is 5.66. The molecule has 122 valence electrons. The van der Waals surface area contributed by atoms with Crippen molar-refractivity contribution in [2.45, 2.75) is 24.3 Å². The maximum absolute atomic E-state index is 11.9. The number of carbonyl (C=O) groups excluding carboxylic acids is 1. The van der Waals surface area contributed by atoms with Gasteiger partial charge in [-0.3, -0.25) is 9.89 Å². The van der Waals surface area contributed by atoms with Crippen LogP contribution in [0.15, 0.2) is 29.4 Å². The summed E-state index contributed by atoms with van der Waals surface area (Å²) in [6.07, 6.45) is 1.85. The fourth-order valence-electron chi connectivity index (χ4n) is 2.18. The van der Waals surface area contributed by atoms with Crippen molar-refractivity contribution in [1.82, 2.24) is 20.5 Å². The predicted octanol–water partition coefficient (Wildman–Crippen LogP) is 1.94. The summed E-state index contributed by atoms with van der Waals surface area (Å²) in [6.45, 7) is 3.03. The quantitative estimate of drug-likeness (QED) is 0.785. The van der Waals surface area contributed by atoms with E-state index >= 15 is 0 Å². The molecule has 0 radical (unpaired) electrons. The summed E-state index contributed by atoms with van der Waals surface area (Å²) < 4.78 is 11.0. The Labute approximate surface area is 138 Å². The smallest absolute Gasteiger partial charge is 0.221 e. The average Bonchev–Trinajstić information content (AvgIpc) is 3.09. The van der Waals surface area contributed by atoms with Crippen molar-refractivity contribution in [2.75, 3.05) is 19.0 Å². The number of rotatable bonds is 6. The molecule has 0 spiro atoms. The Hall–Kier alpha value is -2.22. The molecule has 1 aliphatic rings. The molecule has 2 N–H and O–H groups in total. The highest BCUT2D eigenvalue weighted by Crippen LogP contribution is 2.34. The van der Waals surface area contributed by atoms with E-state index in [4.69, 9.17) is 9.47 Å². The molecule has 2 aromatic rings. The standard InChI is InChI=1S/C15H18N4O3S/c1-10(15-16-9-17-19-15)18-14(20)4-7-23-11-2-3-12-13(8-11)22-6-5-21-12/h2-3,8-10H,4-7H2,1H3,(H,18,20)(H,16,17,19). The molecule has 1 aromatic carbocycles. The third kappa shape index (κ3) is 4.16. The molecule has 23 heavy (non-hydrogen) atoms. The maximum atomic E-state index is 11.9. The van der Waals surface area contributed by atoms with E-state index in [-0.39, 0.29) is 11.9 Å². The van der Waals surface area contributed by atoms with Gasteiger partial charge in [0, 0.05) is 17.1 Å². The number of hydrogen-bond donors (Lipinski definition) is 2. The zero-order valence-electron chi connectivity index (χ0n) is 12.7. The highest BCUT2D eigenvalue weighted by Gasteiger charge is 2.13.